The molecule has 0 N–H and O–H groups in total. The lowest BCUT2D eigenvalue weighted by molar-refractivity contribution is 0.469. The second-order valence-corrected chi connectivity index (χ2v) is 16.0. The van der Waals surface area contributed by atoms with E-state index in [1.54, 1.807) is 38.0 Å². The minimum atomic E-state index is 0.500. The van der Waals surface area contributed by atoms with Crippen LogP contribution in [0.3, 0.4) is 0 Å². The third-order valence-electron chi connectivity index (χ3n) is 2.01. The van der Waals surface area contributed by atoms with E-state index in [0.717, 1.165) is 17.3 Å². The maximum Gasteiger partial charge on any atom is 0.190 e. The summed E-state index contributed by atoms with van der Waals surface area (Å²) in [5.74, 6) is 1.57. The number of aryl methyl sites for hydroxylation is 3. The summed E-state index contributed by atoms with van der Waals surface area (Å²) < 4.78 is 18.5. The molecule has 8 nitrogen and oxygen atoms in total. The van der Waals surface area contributed by atoms with Crippen molar-refractivity contribution in [1.82, 2.24) is 19.9 Å². The maximum absolute atomic E-state index is 4.72. The number of rotatable bonds is 0. The fourth-order valence-corrected chi connectivity index (χ4v) is 1.02. The Morgan fingerprint density at radius 3 is 1.05 bits per heavy atom. The molecule has 0 aliphatic rings. The van der Waals surface area contributed by atoms with Crippen LogP contribution in [0.5, 0.6) is 0 Å². The summed E-state index contributed by atoms with van der Waals surface area (Å²) in [6, 6.07) is 0. The third-order valence-corrected chi connectivity index (χ3v) is 2.01. The average Bonchev–Trinajstić information content (AvgIpc) is 3.55. The first-order chi connectivity index (χ1) is 19.2. The van der Waals surface area contributed by atoms with Crippen molar-refractivity contribution in [2.75, 3.05) is 0 Å². The molecule has 4 aromatic rings. The van der Waals surface area contributed by atoms with Crippen LogP contribution in [-0.4, -0.2) is 19.9 Å². The van der Waals surface area contributed by atoms with Crippen molar-refractivity contribution < 1.29 is 17.7 Å². The molecule has 8 heteroatoms. The normalized spacial score (nSPS) is 10.2. The van der Waals surface area contributed by atoms with Crippen LogP contribution in [-0.2, 0) is 0 Å². The van der Waals surface area contributed by atoms with Crippen molar-refractivity contribution in [2.24, 2.45) is 21.7 Å². The lowest BCUT2D eigenvalue weighted by Crippen LogP contribution is -1.93. The molecule has 0 fully saturated rings. The molecule has 0 spiro atoms. The van der Waals surface area contributed by atoms with E-state index in [1.165, 1.54) is 25.4 Å². The Balaban J connectivity index is -0.000000203. The summed E-state index contributed by atoms with van der Waals surface area (Å²) in [6.07, 6.45) is 13.7. The number of hydrogen-bond acceptors (Lipinski definition) is 8. The molecule has 0 amide bonds. The number of aromatic nitrogens is 4. The molecule has 0 aliphatic heterocycles. The smallest absolute Gasteiger partial charge is 0.190 e. The van der Waals surface area contributed by atoms with Crippen LogP contribution in [0.4, 0.5) is 0 Å². The molecule has 4 rings (SSSR count). The topological polar surface area (TPSA) is 104 Å². The summed E-state index contributed by atoms with van der Waals surface area (Å²) in [6.45, 7) is 40.5. The fourth-order valence-electron chi connectivity index (χ4n) is 1.02. The second kappa shape index (κ2) is 25.3. The van der Waals surface area contributed by atoms with E-state index in [0.29, 0.717) is 21.7 Å². The minimum absolute atomic E-state index is 0.500. The van der Waals surface area contributed by atoms with Gasteiger partial charge in [-0.05, 0) is 35.5 Å². The summed E-state index contributed by atoms with van der Waals surface area (Å²) in [5.41, 5.74) is 2.93. The molecule has 0 bridgehead atoms. The highest BCUT2D eigenvalue weighted by atomic mass is 16.3. The Morgan fingerprint density at radius 2 is 0.953 bits per heavy atom. The van der Waals surface area contributed by atoms with Crippen molar-refractivity contribution in [1.29, 1.82) is 0 Å². The quantitative estimate of drug-likeness (QED) is 0.195. The molecular weight excluding hydrogens is 540 g/mol. The molecule has 0 saturated heterocycles. The second-order valence-electron chi connectivity index (χ2n) is 16.0. The van der Waals surface area contributed by atoms with Crippen molar-refractivity contribution in [3.05, 3.63) is 73.9 Å². The average molecular weight is 607 g/mol. The van der Waals surface area contributed by atoms with E-state index in [1.807, 2.05) is 13.8 Å². The van der Waals surface area contributed by atoms with Gasteiger partial charge in [-0.15, -0.1) is 0 Å². The maximum atomic E-state index is 4.72. The predicted octanol–water partition coefficient (Wildman–Crippen LogP) is 11.8. The van der Waals surface area contributed by atoms with Gasteiger partial charge in [0.1, 0.15) is 24.5 Å². The number of hydrogen-bond donors (Lipinski definition) is 0. The highest BCUT2D eigenvalue weighted by Crippen LogP contribution is 2.09. The predicted molar refractivity (Wildman–Crippen MR) is 181 cm³/mol. The van der Waals surface area contributed by atoms with E-state index in [-0.39, 0.29) is 0 Å². The first-order valence-electron chi connectivity index (χ1n) is 14.6. The zero-order valence-corrected chi connectivity index (χ0v) is 31.1. The van der Waals surface area contributed by atoms with Gasteiger partial charge in [0.15, 0.2) is 25.1 Å². The Bertz CT molecular complexity index is 830. The van der Waals surface area contributed by atoms with Crippen molar-refractivity contribution in [2.45, 2.75) is 132 Å². The van der Waals surface area contributed by atoms with Gasteiger partial charge in [-0.25, -0.2) is 19.9 Å². The van der Waals surface area contributed by atoms with Crippen LogP contribution >= 0.6 is 0 Å². The van der Waals surface area contributed by atoms with Gasteiger partial charge in [-0.3, -0.25) is 0 Å². The summed E-state index contributed by atoms with van der Waals surface area (Å²) in [4.78, 5) is 14.7. The zero-order chi connectivity index (χ0) is 34.8. The van der Waals surface area contributed by atoms with Gasteiger partial charge in [0.05, 0.1) is 24.3 Å². The molecule has 0 aliphatic carbocycles. The van der Waals surface area contributed by atoms with Crippen molar-refractivity contribution in [3.63, 3.8) is 0 Å². The molecule has 43 heavy (non-hydrogen) atoms. The highest BCUT2D eigenvalue weighted by Gasteiger charge is 1.97. The molecule has 0 saturated carbocycles. The van der Waals surface area contributed by atoms with Crippen LogP contribution in [0.25, 0.3) is 0 Å². The molecule has 4 heterocycles. The molecule has 0 radical (unpaired) electrons. The Morgan fingerprint density at radius 1 is 0.488 bits per heavy atom. The van der Waals surface area contributed by atoms with Crippen molar-refractivity contribution >= 4 is 0 Å². The van der Waals surface area contributed by atoms with Crippen LogP contribution in [0.15, 0.2) is 74.2 Å². The molecule has 0 atom stereocenters. The number of nitrogens with zero attached hydrogens (tertiary/aromatic N) is 4. The molecular formula is C35H66N4O4. The van der Waals surface area contributed by atoms with Gasteiger partial charge >= 0.3 is 0 Å². The lowest BCUT2D eigenvalue weighted by Gasteiger charge is -2.05. The third kappa shape index (κ3) is 101. The molecule has 4 aromatic heterocycles. The van der Waals surface area contributed by atoms with Gasteiger partial charge in [0.25, 0.3) is 0 Å². The van der Waals surface area contributed by atoms with Gasteiger partial charge < -0.3 is 17.7 Å². The highest BCUT2D eigenvalue weighted by molar-refractivity contribution is 4.83. The van der Waals surface area contributed by atoms with Crippen molar-refractivity contribution in [3.8, 4) is 0 Å². The monoisotopic (exact) mass is 607 g/mol. The lowest BCUT2D eigenvalue weighted by atomic mass is 10.0. The summed E-state index contributed by atoms with van der Waals surface area (Å²) in [5, 5.41) is 0. The molecule has 250 valence electrons. The minimum Gasteiger partial charge on any atom is -0.452 e. The van der Waals surface area contributed by atoms with E-state index < -0.39 is 0 Å². The van der Waals surface area contributed by atoms with E-state index in [9.17, 15) is 0 Å². The first kappa shape index (κ1) is 46.8. The van der Waals surface area contributed by atoms with Gasteiger partial charge in [0.2, 0.25) is 0 Å². The Kier molecular flexibility index (Phi) is 27.6. The van der Waals surface area contributed by atoms with E-state index >= 15 is 0 Å². The van der Waals surface area contributed by atoms with Gasteiger partial charge in [0, 0.05) is 6.92 Å². The SMILES string of the molecule is CC(C)(C)C.CC(C)(C)C.CC(C)(C)C.CC(C)(C)C.Cc1cnco1.Cc1cocn1.Cc1ncco1.c1cocn1. The van der Waals surface area contributed by atoms with Crippen LogP contribution in [0.1, 0.15) is 128 Å². The Hall–Kier alpha value is -3.16. The Labute approximate surface area is 264 Å². The number of oxazole rings is 4. The van der Waals surface area contributed by atoms with Crippen LogP contribution in [0.2, 0.25) is 0 Å². The van der Waals surface area contributed by atoms with Gasteiger partial charge in [-0.1, -0.05) is 111 Å². The molecule has 0 aromatic carbocycles. The van der Waals surface area contributed by atoms with Gasteiger partial charge in [-0.2, -0.15) is 0 Å². The summed E-state index contributed by atoms with van der Waals surface area (Å²) >= 11 is 0. The fraction of sp³-hybridized carbons (Fsp3) is 0.657. The van der Waals surface area contributed by atoms with Crippen LogP contribution < -0.4 is 0 Å². The zero-order valence-electron chi connectivity index (χ0n) is 31.1. The molecule has 0 unspecified atom stereocenters. The van der Waals surface area contributed by atoms with Crippen LogP contribution in [0, 0.1) is 42.4 Å². The van der Waals surface area contributed by atoms with E-state index in [4.69, 9.17) is 8.83 Å². The first-order valence-corrected chi connectivity index (χ1v) is 14.6. The summed E-state index contributed by atoms with van der Waals surface area (Å²) in [7, 11) is 0. The standard InChI is InChI=1S/4C5H12.3C4H5NO.C3H3NO/c4*1-5(2,3)4;1-4-2-6-3-5-4;1-4-2-5-3-6-4;1-4-5-2-3-6-4;1-2-5-3-4-1/h4*1-4H3;3*2-3H,1H3;1-3H. The largest absolute Gasteiger partial charge is 0.452 e. The van der Waals surface area contributed by atoms with E-state index in [2.05, 4.69) is 140 Å².